The normalized spacial score (nSPS) is 19.5. The summed E-state index contributed by atoms with van der Waals surface area (Å²) in [5.41, 5.74) is 1.52. The third kappa shape index (κ3) is 3.83. The third-order valence-electron chi connectivity index (χ3n) is 5.41. The van der Waals surface area contributed by atoms with E-state index in [4.69, 9.17) is 0 Å². The average molecular weight is 409 g/mol. The number of piperidine rings is 1. The molecule has 1 saturated heterocycles. The van der Waals surface area contributed by atoms with Crippen LogP contribution in [-0.4, -0.2) is 51.3 Å². The maximum Gasteiger partial charge on any atom is 0.246 e. The van der Waals surface area contributed by atoms with Crippen molar-refractivity contribution in [3.8, 4) is 0 Å². The van der Waals surface area contributed by atoms with Crippen molar-refractivity contribution in [2.75, 3.05) is 13.1 Å². The van der Waals surface area contributed by atoms with E-state index in [0.717, 1.165) is 12.2 Å². The number of aromatic nitrogens is 4. The highest BCUT2D eigenvalue weighted by Gasteiger charge is 2.35. The summed E-state index contributed by atoms with van der Waals surface area (Å²) in [5.74, 6) is -0.500. The van der Waals surface area contributed by atoms with Gasteiger partial charge in [-0.2, -0.15) is 14.5 Å². The zero-order valence-electron chi connectivity index (χ0n) is 16.8. The van der Waals surface area contributed by atoms with Crippen molar-refractivity contribution < 1.29 is 13.2 Å². The van der Waals surface area contributed by atoms with Crippen LogP contribution in [0.4, 0.5) is 0 Å². The Kier molecular flexibility index (Phi) is 5.90. The van der Waals surface area contributed by atoms with Crippen molar-refractivity contribution in [3.05, 3.63) is 29.8 Å². The van der Waals surface area contributed by atoms with E-state index in [0.29, 0.717) is 25.1 Å². The highest BCUT2D eigenvalue weighted by molar-refractivity contribution is 7.89. The van der Waals surface area contributed by atoms with Gasteiger partial charge in [-0.25, -0.2) is 8.42 Å². The first kappa shape index (κ1) is 20.5. The van der Waals surface area contributed by atoms with Gasteiger partial charge in [0.05, 0.1) is 29.5 Å². The summed E-state index contributed by atoms with van der Waals surface area (Å²) < 4.78 is 30.8. The molecule has 28 heavy (non-hydrogen) atoms. The molecule has 9 nitrogen and oxygen atoms in total. The van der Waals surface area contributed by atoms with Crippen LogP contribution in [0, 0.1) is 12.8 Å². The molecule has 1 aliphatic heterocycles. The van der Waals surface area contributed by atoms with Crippen molar-refractivity contribution in [3.63, 3.8) is 0 Å². The second-order valence-electron chi connectivity index (χ2n) is 7.22. The number of amides is 1. The van der Waals surface area contributed by atoms with Gasteiger partial charge in [0.1, 0.15) is 4.90 Å². The Hall–Kier alpha value is -2.20. The largest absolute Gasteiger partial charge is 0.348 e. The predicted molar refractivity (Wildman–Crippen MR) is 104 cm³/mol. The molecular formula is C18H28N6O3S. The lowest BCUT2D eigenvalue weighted by Crippen LogP contribution is -2.46. The monoisotopic (exact) mass is 408 g/mol. The van der Waals surface area contributed by atoms with E-state index >= 15 is 0 Å². The van der Waals surface area contributed by atoms with Gasteiger partial charge in [0, 0.05) is 32.9 Å². The summed E-state index contributed by atoms with van der Waals surface area (Å²) in [6.45, 7) is 6.96. The maximum atomic E-state index is 13.0. The Morgan fingerprint density at radius 2 is 2.14 bits per heavy atom. The van der Waals surface area contributed by atoms with Crippen LogP contribution < -0.4 is 5.32 Å². The van der Waals surface area contributed by atoms with E-state index in [1.165, 1.54) is 10.5 Å². The minimum absolute atomic E-state index is 0.126. The molecule has 0 saturated carbocycles. The van der Waals surface area contributed by atoms with Gasteiger partial charge < -0.3 is 5.32 Å². The number of aryl methyl sites for hydroxylation is 2. The van der Waals surface area contributed by atoms with Crippen molar-refractivity contribution in [1.82, 2.24) is 29.2 Å². The molecule has 0 radical (unpaired) electrons. The average Bonchev–Trinajstić information content (AvgIpc) is 3.29. The van der Waals surface area contributed by atoms with Gasteiger partial charge in [-0.15, -0.1) is 0 Å². The van der Waals surface area contributed by atoms with E-state index in [-0.39, 0.29) is 29.3 Å². The molecule has 0 spiro atoms. The molecule has 154 valence electrons. The fourth-order valence-electron chi connectivity index (χ4n) is 3.63. The minimum atomic E-state index is -3.66. The molecule has 2 atom stereocenters. The zero-order chi connectivity index (χ0) is 20.5. The van der Waals surface area contributed by atoms with Crippen LogP contribution in [0.15, 0.2) is 23.4 Å². The third-order valence-corrected chi connectivity index (χ3v) is 7.38. The number of sulfonamides is 1. The smallest absolute Gasteiger partial charge is 0.246 e. The summed E-state index contributed by atoms with van der Waals surface area (Å²) in [4.78, 5) is 13.0. The van der Waals surface area contributed by atoms with Crippen LogP contribution >= 0.6 is 0 Å². The zero-order valence-corrected chi connectivity index (χ0v) is 17.6. The molecule has 3 rings (SSSR count). The summed E-state index contributed by atoms with van der Waals surface area (Å²) in [6, 6.07) is 1.69. The minimum Gasteiger partial charge on any atom is -0.348 e. The van der Waals surface area contributed by atoms with Crippen LogP contribution in [0.25, 0.3) is 0 Å². The molecule has 1 N–H and O–H groups in total. The van der Waals surface area contributed by atoms with Gasteiger partial charge in [0.25, 0.3) is 0 Å². The van der Waals surface area contributed by atoms with Crippen LogP contribution in [0.2, 0.25) is 0 Å². The second kappa shape index (κ2) is 8.04. The number of rotatable bonds is 6. The van der Waals surface area contributed by atoms with E-state index in [1.807, 2.05) is 24.6 Å². The standard InChI is InChI=1S/C18H28N6O3S/c1-5-24-16(8-9-19-24)13(2)21-18(25)15-7-6-10-23(12-15)28(26,27)17-11-20-22(4)14(17)3/h8-9,11,13,15H,5-7,10,12H2,1-4H3,(H,21,25)/t13-,15-/m1/s1. The van der Waals surface area contributed by atoms with E-state index in [1.54, 1.807) is 24.9 Å². The Morgan fingerprint density at radius 1 is 1.39 bits per heavy atom. The number of carbonyl (C=O) groups excluding carboxylic acids is 1. The lowest BCUT2D eigenvalue weighted by molar-refractivity contribution is -0.126. The molecule has 0 aliphatic carbocycles. The van der Waals surface area contributed by atoms with Crippen molar-refractivity contribution in [2.45, 2.75) is 51.1 Å². The van der Waals surface area contributed by atoms with Gasteiger partial charge in [-0.3, -0.25) is 14.2 Å². The highest BCUT2D eigenvalue weighted by atomic mass is 32.2. The molecule has 10 heteroatoms. The first-order chi connectivity index (χ1) is 13.3. The lowest BCUT2D eigenvalue weighted by Gasteiger charge is -2.31. The lowest BCUT2D eigenvalue weighted by atomic mass is 9.98. The summed E-state index contributed by atoms with van der Waals surface area (Å²) >= 11 is 0. The number of nitrogens with one attached hydrogen (secondary N) is 1. The topological polar surface area (TPSA) is 102 Å². The molecule has 0 aromatic carbocycles. The van der Waals surface area contributed by atoms with Crippen molar-refractivity contribution in [1.29, 1.82) is 0 Å². The van der Waals surface area contributed by atoms with Gasteiger partial charge in [-0.1, -0.05) is 0 Å². The molecule has 3 heterocycles. The fraction of sp³-hybridized carbons (Fsp3) is 0.611. The van der Waals surface area contributed by atoms with E-state index in [9.17, 15) is 13.2 Å². The summed E-state index contributed by atoms with van der Waals surface area (Å²) in [5, 5.41) is 11.3. The Balaban J connectivity index is 1.70. The van der Waals surface area contributed by atoms with Crippen LogP contribution in [0.3, 0.4) is 0 Å². The fourth-order valence-corrected chi connectivity index (χ4v) is 5.34. The number of hydrogen-bond donors (Lipinski definition) is 1. The Labute approximate surface area is 165 Å². The quantitative estimate of drug-likeness (QED) is 0.774. The Bertz CT molecular complexity index is 948. The molecule has 0 bridgehead atoms. The van der Waals surface area contributed by atoms with Gasteiger partial charge >= 0.3 is 0 Å². The van der Waals surface area contributed by atoms with Crippen LogP contribution in [0.1, 0.15) is 44.1 Å². The second-order valence-corrected chi connectivity index (χ2v) is 9.13. The van der Waals surface area contributed by atoms with E-state index in [2.05, 4.69) is 15.5 Å². The molecule has 0 unspecified atom stereocenters. The predicted octanol–water partition coefficient (Wildman–Crippen LogP) is 1.22. The van der Waals surface area contributed by atoms with Crippen molar-refractivity contribution in [2.24, 2.45) is 13.0 Å². The SMILES string of the molecule is CCn1nccc1[C@@H](C)NC(=O)[C@@H]1CCCN(S(=O)(=O)c2cnn(C)c2C)C1. The molecule has 1 aliphatic rings. The van der Waals surface area contributed by atoms with Gasteiger partial charge in [0.2, 0.25) is 15.9 Å². The molecular weight excluding hydrogens is 380 g/mol. The molecule has 2 aromatic rings. The maximum absolute atomic E-state index is 13.0. The van der Waals surface area contributed by atoms with Crippen molar-refractivity contribution >= 4 is 15.9 Å². The Morgan fingerprint density at radius 3 is 2.79 bits per heavy atom. The molecule has 1 fully saturated rings. The van der Waals surface area contributed by atoms with Crippen LogP contribution in [-0.2, 0) is 28.4 Å². The number of hydrogen-bond acceptors (Lipinski definition) is 5. The highest BCUT2D eigenvalue weighted by Crippen LogP contribution is 2.26. The molecule has 1 amide bonds. The van der Waals surface area contributed by atoms with E-state index < -0.39 is 10.0 Å². The van der Waals surface area contributed by atoms with Crippen LogP contribution in [0.5, 0.6) is 0 Å². The number of nitrogens with zero attached hydrogens (tertiary/aromatic N) is 5. The molecule has 2 aromatic heterocycles. The van der Waals surface area contributed by atoms with Gasteiger partial charge in [0.15, 0.2) is 0 Å². The first-order valence-electron chi connectivity index (χ1n) is 9.56. The first-order valence-corrected chi connectivity index (χ1v) is 11.0. The number of carbonyl (C=O) groups is 1. The summed E-state index contributed by atoms with van der Waals surface area (Å²) in [7, 11) is -1.95. The van der Waals surface area contributed by atoms with Gasteiger partial charge in [-0.05, 0) is 39.7 Å². The summed E-state index contributed by atoms with van der Waals surface area (Å²) in [6.07, 6.45) is 4.41.